The van der Waals surface area contributed by atoms with E-state index in [4.69, 9.17) is 0 Å². The molecule has 1 aromatic heterocycles. The first-order valence-corrected chi connectivity index (χ1v) is 6.69. The van der Waals surface area contributed by atoms with Crippen LogP contribution in [0.4, 0.5) is 11.4 Å². The van der Waals surface area contributed by atoms with E-state index < -0.39 is 0 Å². The van der Waals surface area contributed by atoms with E-state index in [-0.39, 0.29) is 11.8 Å². The number of benzene rings is 1. The van der Waals surface area contributed by atoms with Gasteiger partial charge in [0.2, 0.25) is 0 Å². The average Bonchev–Trinajstić information content (AvgIpc) is 2.64. The van der Waals surface area contributed by atoms with Crippen LogP contribution in [0.25, 0.3) is 0 Å². The lowest BCUT2D eigenvalue weighted by Gasteiger charge is -2.07. The van der Waals surface area contributed by atoms with Crippen molar-refractivity contribution in [2.75, 3.05) is 12.4 Å². The molecule has 2 aromatic rings. The Bertz CT molecular complexity index is 730. The molecule has 0 saturated carbocycles. The van der Waals surface area contributed by atoms with E-state index in [1.165, 1.54) is 7.05 Å². The lowest BCUT2D eigenvalue weighted by Crippen LogP contribution is -2.24. The Kier molecular flexibility index (Phi) is 3.02. The number of nitrogens with zero attached hydrogens (tertiary/aromatic N) is 2. The molecule has 0 spiro atoms. The first-order chi connectivity index (χ1) is 9.56. The standard InChI is InChI=1S/C14H10BrN3O2/c1-18-13(19)11-3-2-9(5-12(11)14(18)20)17-10-4-8(15)6-16-7-10/h2-7,17H,1H3. The molecular formula is C14H10BrN3O2. The molecule has 20 heavy (non-hydrogen) atoms. The summed E-state index contributed by atoms with van der Waals surface area (Å²) < 4.78 is 0.856. The smallest absolute Gasteiger partial charge is 0.261 e. The number of pyridine rings is 1. The highest BCUT2D eigenvalue weighted by molar-refractivity contribution is 9.10. The number of anilines is 2. The van der Waals surface area contributed by atoms with Crippen LogP contribution in [0.2, 0.25) is 0 Å². The van der Waals surface area contributed by atoms with Gasteiger partial charge in [-0.05, 0) is 40.2 Å². The number of hydrogen-bond donors (Lipinski definition) is 1. The molecule has 0 fully saturated rings. The first-order valence-electron chi connectivity index (χ1n) is 5.90. The van der Waals surface area contributed by atoms with Crippen LogP contribution >= 0.6 is 15.9 Å². The monoisotopic (exact) mass is 331 g/mol. The minimum absolute atomic E-state index is 0.263. The summed E-state index contributed by atoms with van der Waals surface area (Å²) in [6, 6.07) is 6.98. The number of fused-ring (bicyclic) bond motifs is 1. The van der Waals surface area contributed by atoms with Gasteiger partial charge in [-0.2, -0.15) is 0 Å². The Hall–Kier alpha value is -2.21. The zero-order valence-corrected chi connectivity index (χ0v) is 12.1. The van der Waals surface area contributed by atoms with Crippen molar-refractivity contribution in [3.05, 3.63) is 52.3 Å². The molecule has 1 aliphatic heterocycles. The van der Waals surface area contributed by atoms with Crippen molar-refractivity contribution in [1.29, 1.82) is 0 Å². The molecule has 1 N–H and O–H groups in total. The van der Waals surface area contributed by atoms with Crippen LogP contribution < -0.4 is 5.32 Å². The van der Waals surface area contributed by atoms with Gasteiger partial charge in [-0.3, -0.25) is 19.5 Å². The van der Waals surface area contributed by atoms with Crippen molar-refractivity contribution in [1.82, 2.24) is 9.88 Å². The number of carbonyl (C=O) groups excluding carboxylic acids is 2. The molecule has 3 rings (SSSR count). The molecule has 0 saturated heterocycles. The van der Waals surface area contributed by atoms with Crippen molar-refractivity contribution in [2.45, 2.75) is 0 Å². The molecule has 2 heterocycles. The highest BCUT2D eigenvalue weighted by Gasteiger charge is 2.32. The largest absolute Gasteiger partial charge is 0.354 e. The Morgan fingerprint density at radius 3 is 2.55 bits per heavy atom. The van der Waals surface area contributed by atoms with Crippen LogP contribution in [0.15, 0.2) is 41.1 Å². The van der Waals surface area contributed by atoms with E-state index >= 15 is 0 Å². The van der Waals surface area contributed by atoms with Gasteiger partial charge in [0.25, 0.3) is 11.8 Å². The first kappa shape index (κ1) is 12.8. The molecule has 0 aliphatic carbocycles. The van der Waals surface area contributed by atoms with Crippen LogP contribution in [0, 0.1) is 0 Å². The molecule has 0 atom stereocenters. The summed E-state index contributed by atoms with van der Waals surface area (Å²) in [6.45, 7) is 0. The van der Waals surface area contributed by atoms with Crippen molar-refractivity contribution < 1.29 is 9.59 Å². The molecule has 0 unspecified atom stereocenters. The third-order valence-electron chi connectivity index (χ3n) is 3.08. The van der Waals surface area contributed by atoms with Gasteiger partial charge in [0.1, 0.15) is 0 Å². The van der Waals surface area contributed by atoms with Gasteiger partial charge >= 0.3 is 0 Å². The van der Waals surface area contributed by atoms with Crippen LogP contribution in [-0.4, -0.2) is 28.7 Å². The number of carbonyl (C=O) groups is 2. The number of aromatic nitrogens is 1. The fourth-order valence-corrected chi connectivity index (χ4v) is 2.45. The normalized spacial score (nSPS) is 13.6. The van der Waals surface area contributed by atoms with Crippen molar-refractivity contribution in [3.63, 3.8) is 0 Å². The van der Waals surface area contributed by atoms with Gasteiger partial charge in [0.15, 0.2) is 0 Å². The molecule has 100 valence electrons. The second-order valence-corrected chi connectivity index (χ2v) is 5.36. The van der Waals surface area contributed by atoms with E-state index in [2.05, 4.69) is 26.2 Å². The fraction of sp³-hybridized carbons (Fsp3) is 0.0714. The number of nitrogens with one attached hydrogen (secondary N) is 1. The maximum absolute atomic E-state index is 11.9. The summed E-state index contributed by atoms with van der Waals surface area (Å²) >= 11 is 3.34. The number of imide groups is 1. The molecule has 2 amide bonds. The second kappa shape index (κ2) is 4.72. The zero-order valence-electron chi connectivity index (χ0n) is 10.6. The van der Waals surface area contributed by atoms with Gasteiger partial charge in [-0.25, -0.2) is 0 Å². The molecule has 1 aliphatic rings. The molecule has 0 radical (unpaired) electrons. The lowest BCUT2D eigenvalue weighted by molar-refractivity contribution is 0.0693. The van der Waals surface area contributed by atoms with Crippen molar-refractivity contribution >= 4 is 39.1 Å². The molecule has 1 aromatic carbocycles. The third kappa shape index (κ3) is 2.08. The van der Waals surface area contributed by atoms with Gasteiger partial charge in [0.05, 0.1) is 23.0 Å². The van der Waals surface area contributed by atoms with Gasteiger partial charge in [0, 0.05) is 23.4 Å². The SMILES string of the molecule is CN1C(=O)c2ccc(Nc3cncc(Br)c3)cc2C1=O. The number of amides is 2. The van der Waals surface area contributed by atoms with Crippen LogP contribution in [0.3, 0.4) is 0 Å². The Balaban J connectivity index is 1.95. The van der Waals surface area contributed by atoms with Crippen molar-refractivity contribution in [3.8, 4) is 0 Å². The minimum atomic E-state index is -0.277. The third-order valence-corrected chi connectivity index (χ3v) is 3.52. The van der Waals surface area contributed by atoms with E-state index in [1.807, 2.05) is 6.07 Å². The maximum atomic E-state index is 11.9. The number of hydrogen-bond acceptors (Lipinski definition) is 4. The van der Waals surface area contributed by atoms with E-state index in [1.54, 1.807) is 30.6 Å². The van der Waals surface area contributed by atoms with Gasteiger partial charge < -0.3 is 5.32 Å². The number of halogens is 1. The summed E-state index contributed by atoms with van der Waals surface area (Å²) in [7, 11) is 1.48. The van der Waals surface area contributed by atoms with E-state index in [0.717, 1.165) is 20.7 Å². The summed E-state index contributed by atoms with van der Waals surface area (Å²) in [5.41, 5.74) is 2.39. The number of rotatable bonds is 2. The van der Waals surface area contributed by atoms with E-state index in [0.29, 0.717) is 11.1 Å². The van der Waals surface area contributed by atoms with Crippen LogP contribution in [0.5, 0.6) is 0 Å². The summed E-state index contributed by atoms with van der Waals surface area (Å²) in [6.07, 6.45) is 3.36. The topological polar surface area (TPSA) is 62.3 Å². The molecule has 5 nitrogen and oxygen atoms in total. The molecule has 0 bridgehead atoms. The van der Waals surface area contributed by atoms with Gasteiger partial charge in [-0.1, -0.05) is 0 Å². The zero-order chi connectivity index (χ0) is 14.3. The summed E-state index contributed by atoms with van der Waals surface area (Å²) in [5, 5.41) is 3.15. The lowest BCUT2D eigenvalue weighted by atomic mass is 10.1. The van der Waals surface area contributed by atoms with Crippen LogP contribution in [0.1, 0.15) is 20.7 Å². The maximum Gasteiger partial charge on any atom is 0.261 e. The summed E-state index contributed by atoms with van der Waals surface area (Å²) in [5.74, 6) is -0.540. The van der Waals surface area contributed by atoms with Gasteiger partial charge in [-0.15, -0.1) is 0 Å². The van der Waals surface area contributed by atoms with E-state index in [9.17, 15) is 9.59 Å². The Labute approximate surface area is 123 Å². The predicted octanol–water partition coefficient (Wildman–Crippen LogP) is 2.81. The Morgan fingerprint density at radius 2 is 1.80 bits per heavy atom. The fourth-order valence-electron chi connectivity index (χ4n) is 2.09. The Morgan fingerprint density at radius 1 is 1.05 bits per heavy atom. The quantitative estimate of drug-likeness (QED) is 0.859. The predicted molar refractivity (Wildman–Crippen MR) is 78.1 cm³/mol. The molecule has 6 heteroatoms. The highest BCUT2D eigenvalue weighted by Crippen LogP contribution is 2.26. The average molecular weight is 332 g/mol. The highest BCUT2D eigenvalue weighted by atomic mass is 79.9. The summed E-state index contributed by atoms with van der Waals surface area (Å²) in [4.78, 5) is 28.9. The minimum Gasteiger partial charge on any atom is -0.354 e. The molecular weight excluding hydrogens is 322 g/mol. The van der Waals surface area contributed by atoms with Crippen molar-refractivity contribution in [2.24, 2.45) is 0 Å². The van der Waals surface area contributed by atoms with Crippen LogP contribution in [-0.2, 0) is 0 Å². The second-order valence-electron chi connectivity index (χ2n) is 4.45.